The van der Waals surface area contributed by atoms with E-state index in [9.17, 15) is 19.2 Å². The summed E-state index contributed by atoms with van der Waals surface area (Å²) in [6.45, 7) is -0.469. The van der Waals surface area contributed by atoms with Gasteiger partial charge in [0.2, 0.25) is 0 Å². The molecular formula is C25H23ClN2O5. The van der Waals surface area contributed by atoms with Gasteiger partial charge in [-0.2, -0.15) is 5.01 Å². The molecule has 1 saturated heterocycles. The summed E-state index contributed by atoms with van der Waals surface area (Å²) < 4.78 is 5.19. The molecule has 8 heteroatoms. The number of rotatable bonds is 6. The highest BCUT2D eigenvalue weighted by molar-refractivity contribution is 6.34. The standard InChI is InChI=1S/C25H23ClN2O5/c1-33-17-6-4-5-14(12-17)20(29)13-27(23(30)18-7-2-3-8-19(18)26)28-24(31)21-15-9-10-16(11-15)22(21)25(28)32/h2-8,12,15-16,21-22H,9-11,13H2,1H3/t15-,16-,21+,22+/m0/s1. The molecule has 3 amide bonds. The third kappa shape index (κ3) is 3.51. The molecule has 2 bridgehead atoms. The Hall–Kier alpha value is -3.19. The van der Waals surface area contributed by atoms with Crippen molar-refractivity contribution in [1.82, 2.24) is 10.0 Å². The number of halogens is 1. The Balaban J connectivity index is 1.51. The van der Waals surface area contributed by atoms with Crippen molar-refractivity contribution < 1.29 is 23.9 Å². The average Bonchev–Trinajstić information content (AvgIpc) is 3.51. The fourth-order valence-corrected chi connectivity index (χ4v) is 5.88. The molecule has 5 rings (SSSR count). The zero-order valence-corrected chi connectivity index (χ0v) is 18.8. The molecule has 2 saturated carbocycles. The lowest BCUT2D eigenvalue weighted by Crippen LogP contribution is -2.52. The minimum atomic E-state index is -0.661. The van der Waals surface area contributed by atoms with Gasteiger partial charge >= 0.3 is 0 Å². The van der Waals surface area contributed by atoms with Crippen molar-refractivity contribution in [2.75, 3.05) is 13.7 Å². The molecule has 33 heavy (non-hydrogen) atoms. The van der Waals surface area contributed by atoms with Crippen LogP contribution in [0.5, 0.6) is 5.75 Å². The molecule has 2 aromatic carbocycles. The van der Waals surface area contributed by atoms with Crippen LogP contribution in [0.2, 0.25) is 5.02 Å². The summed E-state index contributed by atoms with van der Waals surface area (Å²) in [6, 6.07) is 12.9. The van der Waals surface area contributed by atoms with Crippen molar-refractivity contribution >= 4 is 35.1 Å². The Morgan fingerprint density at radius 3 is 2.33 bits per heavy atom. The zero-order chi connectivity index (χ0) is 23.3. The first-order valence-electron chi connectivity index (χ1n) is 11.0. The van der Waals surface area contributed by atoms with Gasteiger partial charge in [0.05, 0.1) is 29.5 Å². The second kappa shape index (κ2) is 8.30. The molecule has 0 radical (unpaired) electrons. The van der Waals surface area contributed by atoms with Crippen LogP contribution in [-0.4, -0.2) is 47.2 Å². The lowest BCUT2D eigenvalue weighted by Gasteiger charge is -2.31. The quantitative estimate of drug-likeness (QED) is 0.479. The van der Waals surface area contributed by atoms with E-state index in [1.54, 1.807) is 42.5 Å². The van der Waals surface area contributed by atoms with Gasteiger partial charge in [0.25, 0.3) is 17.7 Å². The molecule has 2 aliphatic carbocycles. The van der Waals surface area contributed by atoms with Crippen LogP contribution >= 0.6 is 11.6 Å². The maximum Gasteiger partial charge on any atom is 0.274 e. The Morgan fingerprint density at radius 1 is 1.03 bits per heavy atom. The van der Waals surface area contributed by atoms with Gasteiger partial charge in [-0.1, -0.05) is 35.9 Å². The number of ketones is 1. The van der Waals surface area contributed by atoms with E-state index in [1.807, 2.05) is 0 Å². The third-order valence-electron chi connectivity index (χ3n) is 7.17. The molecule has 3 aliphatic rings. The van der Waals surface area contributed by atoms with Crippen molar-refractivity contribution in [2.24, 2.45) is 23.7 Å². The first-order chi connectivity index (χ1) is 15.9. The number of carbonyl (C=O) groups excluding carboxylic acids is 4. The molecule has 0 N–H and O–H groups in total. The highest BCUT2D eigenvalue weighted by Crippen LogP contribution is 2.56. The number of hydrogen-bond acceptors (Lipinski definition) is 5. The zero-order valence-electron chi connectivity index (χ0n) is 18.1. The number of fused-ring (bicyclic) bond motifs is 5. The Labute approximate surface area is 196 Å². The summed E-state index contributed by atoms with van der Waals surface area (Å²) in [4.78, 5) is 53.5. The molecule has 2 aromatic rings. The van der Waals surface area contributed by atoms with E-state index in [0.717, 1.165) is 29.3 Å². The van der Waals surface area contributed by atoms with Gasteiger partial charge in [-0.25, -0.2) is 5.01 Å². The van der Waals surface area contributed by atoms with Crippen LogP contribution in [0.15, 0.2) is 48.5 Å². The normalized spacial score (nSPS) is 25.3. The number of ether oxygens (including phenoxy) is 1. The van der Waals surface area contributed by atoms with Gasteiger partial charge in [0.1, 0.15) is 12.3 Å². The number of imide groups is 1. The first kappa shape index (κ1) is 21.6. The minimum Gasteiger partial charge on any atom is -0.497 e. The SMILES string of the molecule is COc1cccc(C(=O)CN(C(=O)c2ccccc2Cl)N2C(=O)[C@@H]3[C@H]4CC[C@@H](C4)[C@H]3C2=O)c1. The average molecular weight is 467 g/mol. The van der Waals surface area contributed by atoms with Crippen LogP contribution in [0, 0.1) is 23.7 Å². The maximum atomic E-state index is 13.6. The molecule has 0 spiro atoms. The van der Waals surface area contributed by atoms with Gasteiger partial charge in [0, 0.05) is 5.56 Å². The van der Waals surface area contributed by atoms with Crippen LogP contribution < -0.4 is 4.74 Å². The van der Waals surface area contributed by atoms with E-state index in [0.29, 0.717) is 11.3 Å². The van der Waals surface area contributed by atoms with Crippen LogP contribution in [0.4, 0.5) is 0 Å². The number of amides is 3. The third-order valence-corrected chi connectivity index (χ3v) is 7.50. The van der Waals surface area contributed by atoms with Gasteiger partial charge in [0.15, 0.2) is 5.78 Å². The Kier molecular flexibility index (Phi) is 5.44. The topological polar surface area (TPSA) is 84.0 Å². The predicted molar refractivity (Wildman–Crippen MR) is 119 cm³/mol. The van der Waals surface area contributed by atoms with Crippen molar-refractivity contribution in [3.05, 3.63) is 64.7 Å². The molecule has 0 unspecified atom stereocenters. The Morgan fingerprint density at radius 2 is 1.70 bits per heavy atom. The number of Topliss-reactive ketones (excluding diaryl/α,β-unsaturated/α-hetero) is 1. The highest BCUT2D eigenvalue weighted by atomic mass is 35.5. The summed E-state index contributed by atoms with van der Waals surface area (Å²) in [5, 5.41) is 2.08. The summed E-state index contributed by atoms with van der Waals surface area (Å²) in [5.74, 6) is -1.88. The van der Waals surface area contributed by atoms with Crippen LogP contribution in [-0.2, 0) is 9.59 Å². The number of benzene rings is 2. The number of hydrogen-bond donors (Lipinski definition) is 0. The first-order valence-corrected chi connectivity index (χ1v) is 11.4. The van der Waals surface area contributed by atoms with E-state index in [2.05, 4.69) is 0 Å². The maximum absolute atomic E-state index is 13.6. The molecule has 0 aromatic heterocycles. The van der Waals surface area contributed by atoms with Gasteiger partial charge in [-0.15, -0.1) is 0 Å². The number of methoxy groups -OCH3 is 1. The predicted octanol–water partition coefficient (Wildman–Crippen LogP) is 3.62. The summed E-state index contributed by atoms with van der Waals surface area (Å²) in [5.41, 5.74) is 0.434. The van der Waals surface area contributed by atoms with Crippen molar-refractivity contribution in [3.8, 4) is 5.75 Å². The van der Waals surface area contributed by atoms with E-state index >= 15 is 0 Å². The largest absolute Gasteiger partial charge is 0.497 e. The van der Waals surface area contributed by atoms with E-state index in [4.69, 9.17) is 16.3 Å². The molecule has 3 fully saturated rings. The molecule has 170 valence electrons. The lowest BCUT2D eigenvalue weighted by atomic mass is 9.81. The minimum absolute atomic E-state index is 0.123. The van der Waals surface area contributed by atoms with E-state index < -0.39 is 41.9 Å². The summed E-state index contributed by atoms with van der Waals surface area (Å²) in [7, 11) is 1.49. The van der Waals surface area contributed by atoms with E-state index in [1.165, 1.54) is 13.2 Å². The van der Waals surface area contributed by atoms with E-state index in [-0.39, 0.29) is 22.4 Å². The molecule has 7 nitrogen and oxygen atoms in total. The summed E-state index contributed by atoms with van der Waals surface area (Å²) >= 11 is 6.25. The molecule has 4 atom stereocenters. The van der Waals surface area contributed by atoms with Crippen LogP contribution in [0.1, 0.15) is 40.0 Å². The smallest absolute Gasteiger partial charge is 0.274 e. The number of hydrazine groups is 1. The fourth-order valence-electron chi connectivity index (χ4n) is 5.66. The highest BCUT2D eigenvalue weighted by Gasteiger charge is 2.62. The van der Waals surface area contributed by atoms with Crippen LogP contribution in [0.25, 0.3) is 0 Å². The van der Waals surface area contributed by atoms with Gasteiger partial charge < -0.3 is 4.74 Å². The van der Waals surface area contributed by atoms with Crippen molar-refractivity contribution in [2.45, 2.75) is 19.3 Å². The fraction of sp³-hybridized carbons (Fsp3) is 0.360. The van der Waals surface area contributed by atoms with Gasteiger partial charge in [-0.05, 0) is 55.4 Å². The van der Waals surface area contributed by atoms with Crippen molar-refractivity contribution in [3.63, 3.8) is 0 Å². The monoisotopic (exact) mass is 466 g/mol. The summed E-state index contributed by atoms with van der Waals surface area (Å²) in [6.07, 6.45) is 2.71. The molecule has 1 heterocycles. The van der Waals surface area contributed by atoms with Crippen molar-refractivity contribution in [1.29, 1.82) is 0 Å². The molecular weight excluding hydrogens is 444 g/mol. The van der Waals surface area contributed by atoms with Gasteiger partial charge in [-0.3, -0.25) is 19.2 Å². The lowest BCUT2D eigenvalue weighted by molar-refractivity contribution is -0.154. The molecule has 1 aliphatic heterocycles. The number of carbonyl (C=O) groups is 4. The van der Waals surface area contributed by atoms with Crippen LogP contribution in [0.3, 0.4) is 0 Å². The second-order valence-electron chi connectivity index (χ2n) is 8.87. The second-order valence-corrected chi connectivity index (χ2v) is 9.28. The Bertz CT molecular complexity index is 1140. The number of nitrogens with zero attached hydrogens (tertiary/aromatic N) is 2.